The summed E-state index contributed by atoms with van der Waals surface area (Å²) < 4.78 is 0. The Morgan fingerprint density at radius 2 is 1.87 bits per heavy atom. The zero-order valence-corrected chi connectivity index (χ0v) is 9.55. The molecule has 80 valence electrons. The molecule has 1 fully saturated rings. The van der Waals surface area contributed by atoms with Crippen molar-refractivity contribution in [1.82, 2.24) is 0 Å². The molecule has 0 heterocycles. The lowest BCUT2D eigenvalue weighted by Crippen LogP contribution is -2.29. The van der Waals surface area contributed by atoms with Crippen molar-refractivity contribution in [3.05, 3.63) is 35.4 Å². The SMILES string of the molecule is Cc1ccc(C2(C)CCCC(=O)C2)cc1. The van der Waals surface area contributed by atoms with Gasteiger partial charge in [-0.05, 0) is 30.7 Å². The number of rotatable bonds is 1. The Morgan fingerprint density at radius 1 is 1.20 bits per heavy atom. The molecule has 1 unspecified atom stereocenters. The van der Waals surface area contributed by atoms with Crippen molar-refractivity contribution >= 4 is 5.78 Å². The maximum Gasteiger partial charge on any atom is 0.133 e. The molecular weight excluding hydrogens is 184 g/mol. The van der Waals surface area contributed by atoms with E-state index in [1.165, 1.54) is 11.1 Å². The lowest BCUT2D eigenvalue weighted by molar-refractivity contribution is -0.121. The van der Waals surface area contributed by atoms with Gasteiger partial charge in [0.2, 0.25) is 0 Å². The summed E-state index contributed by atoms with van der Waals surface area (Å²) in [7, 11) is 0. The summed E-state index contributed by atoms with van der Waals surface area (Å²) in [5.41, 5.74) is 2.69. The summed E-state index contributed by atoms with van der Waals surface area (Å²) in [5, 5.41) is 0. The molecule has 1 heteroatoms. The van der Waals surface area contributed by atoms with Crippen LogP contribution in [0.3, 0.4) is 0 Å². The lowest BCUT2D eigenvalue weighted by atomic mass is 9.70. The molecule has 1 nitrogen and oxygen atoms in total. The molecule has 1 aromatic rings. The molecule has 0 aromatic heterocycles. The number of benzene rings is 1. The molecular formula is C14H18O. The van der Waals surface area contributed by atoms with Gasteiger partial charge in [0.1, 0.15) is 5.78 Å². The van der Waals surface area contributed by atoms with Gasteiger partial charge in [-0.2, -0.15) is 0 Å². The maximum absolute atomic E-state index is 11.5. The van der Waals surface area contributed by atoms with Crippen LogP contribution in [0.2, 0.25) is 0 Å². The number of carbonyl (C=O) groups excluding carboxylic acids is 1. The van der Waals surface area contributed by atoms with E-state index in [9.17, 15) is 4.79 Å². The van der Waals surface area contributed by atoms with Crippen LogP contribution in [0.1, 0.15) is 43.7 Å². The Bertz CT molecular complexity index is 363. The molecule has 1 aliphatic carbocycles. The Morgan fingerprint density at radius 3 is 2.47 bits per heavy atom. The number of ketones is 1. The normalized spacial score (nSPS) is 26.7. The fraction of sp³-hybridized carbons (Fsp3) is 0.500. The second-order valence-electron chi connectivity index (χ2n) is 5.00. The van der Waals surface area contributed by atoms with Crippen LogP contribution >= 0.6 is 0 Å². The highest BCUT2D eigenvalue weighted by Gasteiger charge is 2.32. The van der Waals surface area contributed by atoms with Gasteiger partial charge < -0.3 is 0 Å². The number of hydrogen-bond donors (Lipinski definition) is 0. The van der Waals surface area contributed by atoms with Crippen LogP contribution in [-0.4, -0.2) is 5.78 Å². The summed E-state index contributed by atoms with van der Waals surface area (Å²) in [6, 6.07) is 8.63. The van der Waals surface area contributed by atoms with Crippen molar-refractivity contribution in [2.45, 2.75) is 44.9 Å². The molecule has 1 saturated carbocycles. The maximum atomic E-state index is 11.5. The molecule has 0 spiro atoms. The first-order valence-electron chi connectivity index (χ1n) is 5.69. The van der Waals surface area contributed by atoms with E-state index in [1.54, 1.807) is 0 Å². The Kier molecular flexibility index (Phi) is 2.64. The fourth-order valence-corrected chi connectivity index (χ4v) is 2.49. The molecule has 0 radical (unpaired) electrons. The number of carbonyl (C=O) groups is 1. The Labute approximate surface area is 91.5 Å². The average Bonchev–Trinajstić information content (AvgIpc) is 2.18. The summed E-state index contributed by atoms with van der Waals surface area (Å²) in [5.74, 6) is 0.421. The van der Waals surface area contributed by atoms with E-state index in [-0.39, 0.29) is 5.41 Å². The summed E-state index contributed by atoms with van der Waals surface area (Å²) >= 11 is 0. The Balaban J connectivity index is 2.28. The summed E-state index contributed by atoms with van der Waals surface area (Å²) in [4.78, 5) is 11.5. The minimum Gasteiger partial charge on any atom is -0.300 e. The van der Waals surface area contributed by atoms with Crippen LogP contribution in [-0.2, 0) is 10.2 Å². The van der Waals surface area contributed by atoms with Crippen molar-refractivity contribution in [3.8, 4) is 0 Å². The van der Waals surface area contributed by atoms with Crippen LogP contribution in [0.25, 0.3) is 0 Å². The van der Waals surface area contributed by atoms with Crippen LogP contribution in [0, 0.1) is 6.92 Å². The van der Waals surface area contributed by atoms with Gasteiger partial charge in [-0.15, -0.1) is 0 Å². The number of hydrogen-bond acceptors (Lipinski definition) is 1. The fourth-order valence-electron chi connectivity index (χ4n) is 2.49. The van der Waals surface area contributed by atoms with E-state index < -0.39 is 0 Å². The van der Waals surface area contributed by atoms with Crippen LogP contribution < -0.4 is 0 Å². The number of aryl methyl sites for hydroxylation is 1. The van der Waals surface area contributed by atoms with E-state index in [2.05, 4.69) is 38.1 Å². The van der Waals surface area contributed by atoms with Gasteiger partial charge in [-0.25, -0.2) is 0 Å². The first-order valence-corrected chi connectivity index (χ1v) is 5.69. The lowest BCUT2D eigenvalue weighted by Gasteiger charge is -2.33. The smallest absolute Gasteiger partial charge is 0.133 e. The molecule has 15 heavy (non-hydrogen) atoms. The van der Waals surface area contributed by atoms with Gasteiger partial charge >= 0.3 is 0 Å². The molecule has 0 aliphatic heterocycles. The molecule has 0 bridgehead atoms. The standard InChI is InChI=1S/C14H18O/c1-11-5-7-12(8-6-11)14(2)9-3-4-13(15)10-14/h5-8H,3-4,9-10H2,1-2H3. The quantitative estimate of drug-likeness (QED) is 0.682. The third-order valence-corrected chi connectivity index (χ3v) is 3.52. The van der Waals surface area contributed by atoms with Crippen LogP contribution in [0.5, 0.6) is 0 Å². The molecule has 1 atom stereocenters. The highest BCUT2D eigenvalue weighted by molar-refractivity contribution is 5.80. The molecule has 1 aliphatic rings. The molecule has 0 amide bonds. The predicted octanol–water partition coefficient (Wildman–Crippen LogP) is 3.40. The molecule has 0 N–H and O–H groups in total. The third-order valence-electron chi connectivity index (χ3n) is 3.52. The van der Waals surface area contributed by atoms with E-state index in [1.807, 2.05) is 0 Å². The van der Waals surface area contributed by atoms with Gasteiger partial charge in [0.05, 0.1) is 0 Å². The molecule has 0 saturated heterocycles. The molecule has 1 aromatic carbocycles. The van der Waals surface area contributed by atoms with Crippen LogP contribution in [0.4, 0.5) is 0 Å². The minimum absolute atomic E-state index is 0.0863. The highest BCUT2D eigenvalue weighted by Crippen LogP contribution is 2.37. The average molecular weight is 202 g/mol. The van der Waals surface area contributed by atoms with E-state index in [0.717, 1.165) is 25.7 Å². The first-order chi connectivity index (χ1) is 7.10. The zero-order valence-electron chi connectivity index (χ0n) is 9.55. The van der Waals surface area contributed by atoms with Gasteiger partial charge in [-0.1, -0.05) is 36.8 Å². The van der Waals surface area contributed by atoms with Crippen molar-refractivity contribution in [2.24, 2.45) is 0 Å². The first kappa shape index (κ1) is 10.4. The zero-order chi connectivity index (χ0) is 10.9. The summed E-state index contributed by atoms with van der Waals surface area (Å²) in [6.45, 7) is 4.31. The highest BCUT2D eigenvalue weighted by atomic mass is 16.1. The number of Topliss-reactive ketones (excluding diaryl/α,β-unsaturated/α-hetero) is 1. The minimum atomic E-state index is 0.0863. The van der Waals surface area contributed by atoms with Gasteiger partial charge in [-0.3, -0.25) is 4.79 Å². The van der Waals surface area contributed by atoms with Crippen molar-refractivity contribution in [1.29, 1.82) is 0 Å². The largest absolute Gasteiger partial charge is 0.300 e. The van der Waals surface area contributed by atoms with E-state index in [4.69, 9.17) is 0 Å². The van der Waals surface area contributed by atoms with Gasteiger partial charge in [0.25, 0.3) is 0 Å². The monoisotopic (exact) mass is 202 g/mol. The third kappa shape index (κ3) is 2.11. The van der Waals surface area contributed by atoms with Gasteiger partial charge in [0, 0.05) is 12.8 Å². The van der Waals surface area contributed by atoms with E-state index in [0.29, 0.717) is 5.78 Å². The predicted molar refractivity (Wildman–Crippen MR) is 62.0 cm³/mol. The van der Waals surface area contributed by atoms with Crippen molar-refractivity contribution in [2.75, 3.05) is 0 Å². The van der Waals surface area contributed by atoms with Crippen molar-refractivity contribution < 1.29 is 4.79 Å². The summed E-state index contributed by atoms with van der Waals surface area (Å²) in [6.07, 6.45) is 3.68. The van der Waals surface area contributed by atoms with Crippen molar-refractivity contribution in [3.63, 3.8) is 0 Å². The van der Waals surface area contributed by atoms with Gasteiger partial charge in [0.15, 0.2) is 0 Å². The Hall–Kier alpha value is -1.11. The van der Waals surface area contributed by atoms with E-state index >= 15 is 0 Å². The second-order valence-corrected chi connectivity index (χ2v) is 5.00. The molecule has 2 rings (SSSR count). The second kappa shape index (κ2) is 3.80. The van der Waals surface area contributed by atoms with Crippen LogP contribution in [0.15, 0.2) is 24.3 Å². The topological polar surface area (TPSA) is 17.1 Å².